The molecule has 1 amide bonds. The van der Waals surface area contributed by atoms with Gasteiger partial charge in [-0.3, -0.25) is 4.79 Å². The fourth-order valence-electron chi connectivity index (χ4n) is 5.35. The standard InChI is InChI=1S/C18H32N2O/c1-20(17-8-4-7-16(17)12-19)18(21)15-10-9-13-5-2-3-6-14(13)11-15/h13-17H,2-12,19H2,1H3. The molecule has 0 aliphatic heterocycles. The molecule has 3 nitrogen and oxygen atoms in total. The van der Waals surface area contributed by atoms with Crippen LogP contribution < -0.4 is 5.73 Å². The monoisotopic (exact) mass is 292 g/mol. The van der Waals surface area contributed by atoms with Gasteiger partial charge in [-0.05, 0) is 56.4 Å². The second-order valence-electron chi connectivity index (χ2n) is 7.76. The summed E-state index contributed by atoms with van der Waals surface area (Å²) in [4.78, 5) is 15.0. The van der Waals surface area contributed by atoms with Gasteiger partial charge in [0.05, 0.1) is 0 Å². The second kappa shape index (κ2) is 6.68. The lowest BCUT2D eigenvalue weighted by atomic mass is 9.67. The Morgan fingerprint density at radius 3 is 2.52 bits per heavy atom. The highest BCUT2D eigenvalue weighted by atomic mass is 16.2. The maximum atomic E-state index is 12.9. The van der Waals surface area contributed by atoms with Gasteiger partial charge in [0.15, 0.2) is 0 Å². The lowest BCUT2D eigenvalue weighted by Gasteiger charge is -2.41. The van der Waals surface area contributed by atoms with Gasteiger partial charge in [0.2, 0.25) is 5.91 Å². The third-order valence-corrected chi connectivity index (χ3v) is 6.66. The molecule has 5 unspecified atom stereocenters. The molecule has 3 saturated carbocycles. The van der Waals surface area contributed by atoms with Gasteiger partial charge in [0.25, 0.3) is 0 Å². The average molecular weight is 292 g/mol. The smallest absolute Gasteiger partial charge is 0.225 e. The highest BCUT2D eigenvalue weighted by Crippen LogP contribution is 2.43. The highest BCUT2D eigenvalue weighted by molar-refractivity contribution is 5.79. The van der Waals surface area contributed by atoms with Crippen LogP contribution in [-0.4, -0.2) is 30.4 Å². The van der Waals surface area contributed by atoms with Gasteiger partial charge in [0.1, 0.15) is 0 Å². The third kappa shape index (κ3) is 3.13. The number of hydrogen-bond donors (Lipinski definition) is 1. The average Bonchev–Trinajstić information content (AvgIpc) is 3.01. The van der Waals surface area contributed by atoms with Gasteiger partial charge >= 0.3 is 0 Å². The maximum absolute atomic E-state index is 12.9. The topological polar surface area (TPSA) is 46.3 Å². The Balaban J connectivity index is 1.59. The Bertz CT molecular complexity index is 370. The molecule has 0 saturated heterocycles. The van der Waals surface area contributed by atoms with Crippen molar-refractivity contribution in [1.82, 2.24) is 4.90 Å². The van der Waals surface area contributed by atoms with E-state index in [2.05, 4.69) is 4.90 Å². The van der Waals surface area contributed by atoms with Crippen molar-refractivity contribution in [3.63, 3.8) is 0 Å². The van der Waals surface area contributed by atoms with Crippen molar-refractivity contribution in [2.75, 3.05) is 13.6 Å². The van der Waals surface area contributed by atoms with Crippen molar-refractivity contribution >= 4 is 5.91 Å². The first kappa shape index (κ1) is 15.3. The molecule has 0 aromatic heterocycles. The molecule has 120 valence electrons. The van der Waals surface area contributed by atoms with Crippen molar-refractivity contribution in [3.8, 4) is 0 Å². The van der Waals surface area contributed by atoms with Crippen LogP contribution in [0.5, 0.6) is 0 Å². The summed E-state index contributed by atoms with van der Waals surface area (Å²) < 4.78 is 0. The zero-order valence-corrected chi connectivity index (χ0v) is 13.6. The van der Waals surface area contributed by atoms with E-state index >= 15 is 0 Å². The normalized spacial score (nSPS) is 39.8. The van der Waals surface area contributed by atoms with Crippen LogP contribution in [0.3, 0.4) is 0 Å². The quantitative estimate of drug-likeness (QED) is 0.868. The molecule has 3 heteroatoms. The molecule has 0 aromatic carbocycles. The molecule has 0 radical (unpaired) electrons. The summed E-state index contributed by atoms with van der Waals surface area (Å²) in [6.07, 6.45) is 12.8. The number of nitrogens with zero attached hydrogens (tertiary/aromatic N) is 1. The lowest BCUT2D eigenvalue weighted by molar-refractivity contribution is -0.139. The fraction of sp³-hybridized carbons (Fsp3) is 0.944. The molecule has 5 atom stereocenters. The SMILES string of the molecule is CN(C(=O)C1CCC2CCCCC2C1)C1CCCC1CN. The van der Waals surface area contributed by atoms with Gasteiger partial charge in [-0.15, -0.1) is 0 Å². The van der Waals surface area contributed by atoms with Gasteiger partial charge in [-0.25, -0.2) is 0 Å². The molecule has 3 rings (SSSR count). The van der Waals surface area contributed by atoms with E-state index in [0.717, 1.165) is 37.6 Å². The van der Waals surface area contributed by atoms with E-state index in [1.165, 1.54) is 44.9 Å². The van der Waals surface area contributed by atoms with Crippen LogP contribution in [0.2, 0.25) is 0 Å². The van der Waals surface area contributed by atoms with Crippen LogP contribution in [0.25, 0.3) is 0 Å². The molecular weight excluding hydrogens is 260 g/mol. The molecule has 0 spiro atoms. The number of rotatable bonds is 3. The van der Waals surface area contributed by atoms with Crippen LogP contribution in [0, 0.1) is 23.7 Å². The Labute approximate surface area is 129 Å². The summed E-state index contributed by atoms with van der Waals surface area (Å²) in [6, 6.07) is 0.409. The molecule has 0 aromatic rings. The van der Waals surface area contributed by atoms with Crippen LogP contribution in [0.4, 0.5) is 0 Å². The number of nitrogens with two attached hydrogens (primary N) is 1. The first-order chi connectivity index (χ1) is 10.2. The Morgan fingerprint density at radius 2 is 1.76 bits per heavy atom. The minimum atomic E-state index is 0.299. The summed E-state index contributed by atoms with van der Waals surface area (Å²) in [5.74, 6) is 3.02. The van der Waals surface area contributed by atoms with Crippen LogP contribution in [0.1, 0.15) is 64.2 Å². The van der Waals surface area contributed by atoms with E-state index in [1.54, 1.807) is 0 Å². The fourth-order valence-corrected chi connectivity index (χ4v) is 5.35. The zero-order valence-electron chi connectivity index (χ0n) is 13.6. The van der Waals surface area contributed by atoms with E-state index in [9.17, 15) is 4.79 Å². The van der Waals surface area contributed by atoms with Gasteiger partial charge in [0, 0.05) is 19.0 Å². The minimum absolute atomic E-state index is 0.299. The Kier molecular flexibility index (Phi) is 4.88. The molecule has 21 heavy (non-hydrogen) atoms. The van der Waals surface area contributed by atoms with Crippen LogP contribution in [0.15, 0.2) is 0 Å². The van der Waals surface area contributed by atoms with Gasteiger partial charge in [-0.1, -0.05) is 32.1 Å². The molecule has 3 aliphatic carbocycles. The van der Waals surface area contributed by atoms with E-state index in [1.807, 2.05) is 7.05 Å². The largest absolute Gasteiger partial charge is 0.342 e. The number of fused-ring (bicyclic) bond motifs is 1. The first-order valence-electron chi connectivity index (χ1n) is 9.17. The predicted octanol–water partition coefficient (Wildman–Crippen LogP) is 3.18. The first-order valence-corrected chi connectivity index (χ1v) is 9.17. The summed E-state index contributed by atoms with van der Waals surface area (Å²) in [6.45, 7) is 0.734. The molecule has 3 aliphatic rings. The summed E-state index contributed by atoms with van der Waals surface area (Å²) in [7, 11) is 2.04. The molecule has 0 heterocycles. The van der Waals surface area contributed by atoms with Crippen LogP contribution in [-0.2, 0) is 4.79 Å². The summed E-state index contributed by atoms with van der Waals surface area (Å²) in [5.41, 5.74) is 5.89. The van der Waals surface area contributed by atoms with Crippen molar-refractivity contribution in [3.05, 3.63) is 0 Å². The molecular formula is C18H32N2O. The highest BCUT2D eigenvalue weighted by Gasteiger charge is 2.39. The third-order valence-electron chi connectivity index (χ3n) is 6.66. The molecule has 3 fully saturated rings. The van der Waals surface area contributed by atoms with Gasteiger partial charge < -0.3 is 10.6 Å². The number of carbonyl (C=O) groups is 1. The molecule has 0 bridgehead atoms. The minimum Gasteiger partial charge on any atom is -0.342 e. The zero-order chi connectivity index (χ0) is 14.8. The van der Waals surface area contributed by atoms with Crippen LogP contribution >= 0.6 is 0 Å². The van der Waals surface area contributed by atoms with E-state index in [-0.39, 0.29) is 0 Å². The van der Waals surface area contributed by atoms with Crippen molar-refractivity contribution in [2.45, 2.75) is 70.3 Å². The number of amides is 1. The second-order valence-corrected chi connectivity index (χ2v) is 7.76. The Morgan fingerprint density at radius 1 is 1.00 bits per heavy atom. The van der Waals surface area contributed by atoms with E-state index < -0.39 is 0 Å². The summed E-state index contributed by atoms with van der Waals surface area (Å²) >= 11 is 0. The van der Waals surface area contributed by atoms with Crippen molar-refractivity contribution in [1.29, 1.82) is 0 Å². The van der Waals surface area contributed by atoms with Gasteiger partial charge in [-0.2, -0.15) is 0 Å². The Hall–Kier alpha value is -0.570. The maximum Gasteiger partial charge on any atom is 0.225 e. The van der Waals surface area contributed by atoms with E-state index in [4.69, 9.17) is 5.73 Å². The number of hydrogen-bond acceptors (Lipinski definition) is 2. The summed E-state index contributed by atoms with van der Waals surface area (Å²) in [5, 5.41) is 0. The van der Waals surface area contributed by atoms with Crippen molar-refractivity contribution < 1.29 is 4.79 Å². The predicted molar refractivity (Wildman–Crippen MR) is 85.7 cm³/mol. The molecule has 2 N–H and O–H groups in total. The number of carbonyl (C=O) groups excluding carboxylic acids is 1. The van der Waals surface area contributed by atoms with E-state index in [0.29, 0.717) is 23.8 Å². The lowest BCUT2D eigenvalue weighted by Crippen LogP contribution is -2.45. The van der Waals surface area contributed by atoms with Crippen molar-refractivity contribution in [2.24, 2.45) is 29.4 Å².